The van der Waals surface area contributed by atoms with Crippen LogP contribution in [-0.4, -0.2) is 43.4 Å². The van der Waals surface area contributed by atoms with Crippen molar-refractivity contribution in [3.8, 4) is 0 Å². The number of rotatable bonds is 4. The number of nitrogens with two attached hydrogens (primary N) is 1. The van der Waals surface area contributed by atoms with E-state index in [-0.39, 0.29) is 23.7 Å². The first kappa shape index (κ1) is 13.0. The summed E-state index contributed by atoms with van der Waals surface area (Å²) in [6.07, 6.45) is 1.40. The number of carbonyl (C=O) groups is 2. The highest BCUT2D eigenvalue weighted by Crippen LogP contribution is 2.18. The van der Waals surface area contributed by atoms with E-state index in [1.54, 1.807) is 0 Å². The van der Waals surface area contributed by atoms with Crippen LogP contribution in [0.2, 0.25) is 0 Å². The molecule has 0 aromatic heterocycles. The molecule has 0 spiro atoms. The van der Waals surface area contributed by atoms with E-state index in [0.717, 1.165) is 0 Å². The number of nitrogens with one attached hydrogen (secondary N) is 1. The van der Waals surface area contributed by atoms with Crippen LogP contribution < -0.4 is 11.1 Å². The van der Waals surface area contributed by atoms with E-state index in [2.05, 4.69) is 5.32 Å². The highest BCUT2D eigenvalue weighted by atomic mass is 16.2. The van der Waals surface area contributed by atoms with Crippen LogP contribution in [0, 0.1) is 11.8 Å². The van der Waals surface area contributed by atoms with Crippen molar-refractivity contribution in [2.45, 2.75) is 19.8 Å². The third-order valence-electron chi connectivity index (χ3n) is 3.14. The molecule has 5 nitrogen and oxygen atoms in total. The average molecular weight is 227 g/mol. The maximum atomic E-state index is 11.9. The molecule has 0 saturated carbocycles. The van der Waals surface area contributed by atoms with Crippen LogP contribution in [0.15, 0.2) is 0 Å². The molecular weight excluding hydrogens is 206 g/mol. The predicted molar refractivity (Wildman–Crippen MR) is 61.6 cm³/mol. The van der Waals surface area contributed by atoms with E-state index in [1.807, 2.05) is 18.9 Å². The van der Waals surface area contributed by atoms with Crippen molar-refractivity contribution in [2.24, 2.45) is 17.6 Å². The summed E-state index contributed by atoms with van der Waals surface area (Å²) in [6, 6.07) is 0. The molecule has 1 aliphatic heterocycles. The maximum absolute atomic E-state index is 11.9. The third-order valence-corrected chi connectivity index (χ3v) is 3.14. The predicted octanol–water partition coefficient (Wildman–Crippen LogP) is -0.434. The monoisotopic (exact) mass is 227 g/mol. The maximum Gasteiger partial charge on any atom is 0.226 e. The Morgan fingerprint density at radius 2 is 2.00 bits per heavy atom. The van der Waals surface area contributed by atoms with Crippen molar-refractivity contribution in [1.82, 2.24) is 10.2 Å². The van der Waals surface area contributed by atoms with Gasteiger partial charge in [-0.2, -0.15) is 0 Å². The fraction of sp³-hybridized carbons (Fsp3) is 0.818. The minimum absolute atomic E-state index is 0.00451. The molecule has 1 rings (SSSR count). The number of carbonyl (C=O) groups excluding carboxylic acids is 2. The lowest BCUT2D eigenvalue weighted by atomic mass is 9.95. The second kappa shape index (κ2) is 5.84. The van der Waals surface area contributed by atoms with Gasteiger partial charge in [-0.3, -0.25) is 9.59 Å². The van der Waals surface area contributed by atoms with Crippen LogP contribution in [0.1, 0.15) is 19.8 Å². The molecule has 0 aliphatic carbocycles. The summed E-state index contributed by atoms with van der Waals surface area (Å²) in [5.74, 6) is -0.133. The van der Waals surface area contributed by atoms with Gasteiger partial charge in [0.05, 0.1) is 0 Å². The standard InChI is InChI=1S/C11H21N3O2/c1-8(7-13-2)11(16)14-5-3-9(4-6-14)10(12)15/h8-9,13H,3-7H2,1-2H3,(H2,12,15). The van der Waals surface area contributed by atoms with Gasteiger partial charge in [0.2, 0.25) is 11.8 Å². The molecule has 0 aromatic carbocycles. The highest BCUT2D eigenvalue weighted by Gasteiger charge is 2.27. The van der Waals surface area contributed by atoms with Gasteiger partial charge in [0.25, 0.3) is 0 Å². The first-order chi connectivity index (χ1) is 7.56. The molecule has 5 heteroatoms. The lowest BCUT2D eigenvalue weighted by molar-refractivity contribution is -0.138. The number of primary amides is 1. The lowest BCUT2D eigenvalue weighted by Crippen LogP contribution is -2.45. The SMILES string of the molecule is CNCC(C)C(=O)N1CCC(C(N)=O)CC1. The van der Waals surface area contributed by atoms with E-state index < -0.39 is 0 Å². The van der Waals surface area contributed by atoms with Crippen LogP contribution in [-0.2, 0) is 9.59 Å². The largest absolute Gasteiger partial charge is 0.369 e. The molecule has 3 N–H and O–H groups in total. The molecule has 2 amide bonds. The minimum atomic E-state index is -0.240. The summed E-state index contributed by atoms with van der Waals surface area (Å²) in [7, 11) is 1.84. The minimum Gasteiger partial charge on any atom is -0.369 e. The van der Waals surface area contributed by atoms with E-state index in [4.69, 9.17) is 5.73 Å². The summed E-state index contributed by atoms with van der Waals surface area (Å²) < 4.78 is 0. The number of piperidine rings is 1. The summed E-state index contributed by atoms with van der Waals surface area (Å²) in [5, 5.41) is 2.99. The van der Waals surface area contributed by atoms with Gasteiger partial charge in [-0.25, -0.2) is 0 Å². The van der Waals surface area contributed by atoms with E-state index >= 15 is 0 Å². The topological polar surface area (TPSA) is 75.4 Å². The second-order valence-corrected chi connectivity index (χ2v) is 4.46. The first-order valence-corrected chi connectivity index (χ1v) is 5.79. The second-order valence-electron chi connectivity index (χ2n) is 4.46. The summed E-state index contributed by atoms with van der Waals surface area (Å²) in [5.41, 5.74) is 5.24. The van der Waals surface area contributed by atoms with Crippen molar-refractivity contribution in [3.05, 3.63) is 0 Å². The average Bonchev–Trinajstić information content (AvgIpc) is 2.28. The number of likely N-dealkylation sites (tertiary alicyclic amines) is 1. The fourth-order valence-electron chi connectivity index (χ4n) is 2.09. The zero-order chi connectivity index (χ0) is 12.1. The number of hydrogen-bond donors (Lipinski definition) is 2. The Labute approximate surface area is 96.4 Å². The Morgan fingerprint density at radius 3 is 2.44 bits per heavy atom. The first-order valence-electron chi connectivity index (χ1n) is 5.79. The van der Waals surface area contributed by atoms with E-state index in [0.29, 0.717) is 32.5 Å². The van der Waals surface area contributed by atoms with Crippen LogP contribution in [0.5, 0.6) is 0 Å². The Hall–Kier alpha value is -1.10. The molecule has 1 heterocycles. The van der Waals surface area contributed by atoms with Gasteiger partial charge < -0.3 is 16.0 Å². The van der Waals surface area contributed by atoms with Crippen molar-refractivity contribution >= 4 is 11.8 Å². The molecule has 1 saturated heterocycles. The Balaban J connectivity index is 2.41. The highest BCUT2D eigenvalue weighted by molar-refractivity contribution is 5.80. The fourth-order valence-corrected chi connectivity index (χ4v) is 2.09. The molecule has 0 bridgehead atoms. The molecule has 1 aliphatic rings. The summed E-state index contributed by atoms with van der Waals surface area (Å²) >= 11 is 0. The van der Waals surface area contributed by atoms with Gasteiger partial charge in [-0.1, -0.05) is 6.92 Å². The number of nitrogens with zero attached hydrogens (tertiary/aromatic N) is 1. The Bertz CT molecular complexity index is 260. The van der Waals surface area contributed by atoms with Gasteiger partial charge >= 0.3 is 0 Å². The van der Waals surface area contributed by atoms with Crippen LogP contribution in [0.25, 0.3) is 0 Å². The zero-order valence-corrected chi connectivity index (χ0v) is 10.0. The molecule has 1 unspecified atom stereocenters. The molecule has 1 fully saturated rings. The van der Waals surface area contributed by atoms with Crippen molar-refractivity contribution in [3.63, 3.8) is 0 Å². The van der Waals surface area contributed by atoms with Crippen LogP contribution >= 0.6 is 0 Å². The number of hydrogen-bond acceptors (Lipinski definition) is 3. The molecule has 92 valence electrons. The molecule has 16 heavy (non-hydrogen) atoms. The quantitative estimate of drug-likeness (QED) is 0.684. The normalized spacial score (nSPS) is 19.5. The third kappa shape index (κ3) is 3.20. The number of amides is 2. The Morgan fingerprint density at radius 1 is 1.44 bits per heavy atom. The van der Waals surface area contributed by atoms with Crippen LogP contribution in [0.4, 0.5) is 0 Å². The van der Waals surface area contributed by atoms with E-state index in [1.165, 1.54) is 0 Å². The lowest BCUT2D eigenvalue weighted by Gasteiger charge is -2.32. The smallest absolute Gasteiger partial charge is 0.226 e. The van der Waals surface area contributed by atoms with Gasteiger partial charge in [0.15, 0.2) is 0 Å². The van der Waals surface area contributed by atoms with E-state index in [9.17, 15) is 9.59 Å². The molecule has 0 radical (unpaired) electrons. The zero-order valence-electron chi connectivity index (χ0n) is 10.0. The summed E-state index contributed by atoms with van der Waals surface area (Å²) in [4.78, 5) is 24.7. The van der Waals surface area contributed by atoms with Crippen molar-refractivity contribution in [1.29, 1.82) is 0 Å². The summed E-state index contributed by atoms with van der Waals surface area (Å²) in [6.45, 7) is 3.91. The molecule has 1 atom stereocenters. The van der Waals surface area contributed by atoms with Crippen LogP contribution in [0.3, 0.4) is 0 Å². The molecular formula is C11H21N3O2. The van der Waals surface area contributed by atoms with Crippen molar-refractivity contribution in [2.75, 3.05) is 26.7 Å². The molecule has 0 aromatic rings. The van der Waals surface area contributed by atoms with Gasteiger partial charge in [0.1, 0.15) is 0 Å². The van der Waals surface area contributed by atoms with Gasteiger partial charge in [-0.05, 0) is 19.9 Å². The van der Waals surface area contributed by atoms with Gasteiger partial charge in [0, 0.05) is 31.5 Å². The van der Waals surface area contributed by atoms with Gasteiger partial charge in [-0.15, -0.1) is 0 Å². The van der Waals surface area contributed by atoms with Crippen molar-refractivity contribution < 1.29 is 9.59 Å². The Kier molecular flexibility index (Phi) is 4.73.